The van der Waals surface area contributed by atoms with Crippen LogP contribution in [0.1, 0.15) is 30.5 Å². The number of aryl methyl sites for hydroxylation is 1. The van der Waals surface area contributed by atoms with Gasteiger partial charge in [-0.1, -0.05) is 29.8 Å². The van der Waals surface area contributed by atoms with Crippen LogP contribution in [0.4, 0.5) is 0 Å². The molecule has 1 aliphatic rings. The molecule has 0 N–H and O–H groups in total. The molecule has 26 heavy (non-hydrogen) atoms. The van der Waals surface area contributed by atoms with E-state index >= 15 is 0 Å². The van der Waals surface area contributed by atoms with Crippen LogP contribution in [0.5, 0.6) is 5.75 Å². The summed E-state index contributed by atoms with van der Waals surface area (Å²) in [5, 5.41) is 0.604. The van der Waals surface area contributed by atoms with Crippen molar-refractivity contribution in [1.82, 2.24) is 0 Å². The summed E-state index contributed by atoms with van der Waals surface area (Å²) in [5.41, 5.74) is 3.89. The van der Waals surface area contributed by atoms with Crippen molar-refractivity contribution < 1.29 is 18.3 Å². The van der Waals surface area contributed by atoms with Crippen molar-refractivity contribution in [2.24, 2.45) is 0 Å². The Kier molecular flexibility index (Phi) is 5.36. The van der Waals surface area contributed by atoms with Gasteiger partial charge in [-0.3, -0.25) is 4.52 Å². The van der Waals surface area contributed by atoms with Crippen LogP contribution in [-0.4, -0.2) is 13.7 Å². The number of methoxy groups -OCH3 is 1. The molecule has 0 aliphatic carbocycles. The molecule has 1 heterocycles. The minimum atomic E-state index is -3.34. The summed E-state index contributed by atoms with van der Waals surface area (Å²) in [7, 11) is -1.72. The van der Waals surface area contributed by atoms with E-state index < -0.39 is 7.60 Å². The molecule has 2 aromatic rings. The standard InChI is InChI=1S/C21H23O4P/c1-5-24-26(22)16(3)14-20(17-8-6-15(2)7-9-17)21(25-26)18-10-12-19(23-4)13-11-18/h6-14H,5H2,1-4H3. The van der Waals surface area contributed by atoms with E-state index in [1.165, 1.54) is 5.56 Å². The Bertz CT molecular complexity index is 893. The highest BCUT2D eigenvalue weighted by Gasteiger charge is 2.35. The van der Waals surface area contributed by atoms with Crippen LogP contribution in [0.3, 0.4) is 0 Å². The van der Waals surface area contributed by atoms with Gasteiger partial charge in [0.2, 0.25) is 0 Å². The van der Waals surface area contributed by atoms with Gasteiger partial charge in [0.15, 0.2) is 0 Å². The summed E-state index contributed by atoms with van der Waals surface area (Å²) in [6, 6.07) is 15.7. The zero-order valence-corrected chi connectivity index (χ0v) is 16.4. The molecule has 2 aromatic carbocycles. The molecule has 0 aromatic heterocycles. The predicted molar refractivity (Wildman–Crippen MR) is 105 cm³/mol. The maximum atomic E-state index is 13.1. The van der Waals surface area contributed by atoms with E-state index in [0.717, 1.165) is 22.4 Å². The summed E-state index contributed by atoms with van der Waals surface area (Å²) in [4.78, 5) is 0. The first kappa shape index (κ1) is 18.5. The van der Waals surface area contributed by atoms with Gasteiger partial charge in [-0.15, -0.1) is 0 Å². The lowest BCUT2D eigenvalue weighted by molar-refractivity contribution is 0.275. The summed E-state index contributed by atoms with van der Waals surface area (Å²) in [6.07, 6.45) is 1.91. The molecule has 4 nitrogen and oxygen atoms in total. The third kappa shape index (κ3) is 3.62. The van der Waals surface area contributed by atoms with Gasteiger partial charge >= 0.3 is 7.60 Å². The lowest BCUT2D eigenvalue weighted by Gasteiger charge is -2.27. The molecular formula is C21H23O4P. The monoisotopic (exact) mass is 370 g/mol. The molecule has 0 radical (unpaired) electrons. The molecule has 0 fully saturated rings. The Labute approximate surface area is 154 Å². The summed E-state index contributed by atoms with van der Waals surface area (Å²) in [5.74, 6) is 1.31. The Morgan fingerprint density at radius 3 is 2.15 bits per heavy atom. The normalized spacial score (nSPS) is 19.8. The average molecular weight is 370 g/mol. The van der Waals surface area contributed by atoms with Gasteiger partial charge in [0.25, 0.3) is 0 Å². The van der Waals surface area contributed by atoms with E-state index in [9.17, 15) is 4.57 Å². The second-order valence-corrected chi connectivity index (χ2v) is 8.27. The summed E-state index contributed by atoms with van der Waals surface area (Å²) in [6.45, 7) is 5.96. The van der Waals surface area contributed by atoms with Crippen molar-refractivity contribution >= 4 is 18.9 Å². The van der Waals surface area contributed by atoms with E-state index in [4.69, 9.17) is 13.8 Å². The SMILES string of the molecule is CCOP1(=O)OC(c2ccc(OC)cc2)=C(c2ccc(C)cc2)C=C1C. The fraction of sp³-hybridized carbons (Fsp3) is 0.238. The molecule has 5 heteroatoms. The van der Waals surface area contributed by atoms with Crippen molar-refractivity contribution in [1.29, 1.82) is 0 Å². The third-order valence-electron chi connectivity index (χ3n) is 4.26. The fourth-order valence-corrected chi connectivity index (χ4v) is 4.26. The van der Waals surface area contributed by atoms with Gasteiger partial charge in [-0.25, -0.2) is 4.57 Å². The van der Waals surface area contributed by atoms with Crippen LogP contribution in [0, 0.1) is 6.92 Å². The number of hydrogen-bond donors (Lipinski definition) is 0. The second kappa shape index (κ2) is 7.53. The minimum Gasteiger partial charge on any atom is -0.497 e. The highest BCUT2D eigenvalue weighted by molar-refractivity contribution is 7.58. The fourth-order valence-electron chi connectivity index (χ4n) is 2.79. The van der Waals surface area contributed by atoms with Crippen LogP contribution in [0.15, 0.2) is 59.9 Å². The van der Waals surface area contributed by atoms with Crippen molar-refractivity contribution in [3.63, 3.8) is 0 Å². The van der Waals surface area contributed by atoms with Crippen LogP contribution >= 0.6 is 7.60 Å². The molecule has 0 spiro atoms. The maximum Gasteiger partial charge on any atom is 0.406 e. The van der Waals surface area contributed by atoms with Crippen molar-refractivity contribution in [3.05, 3.63) is 76.6 Å². The first-order valence-corrected chi connectivity index (χ1v) is 10.1. The van der Waals surface area contributed by atoms with Crippen LogP contribution < -0.4 is 4.74 Å². The van der Waals surface area contributed by atoms with E-state index in [0.29, 0.717) is 17.7 Å². The largest absolute Gasteiger partial charge is 0.497 e. The van der Waals surface area contributed by atoms with E-state index in [1.54, 1.807) is 14.0 Å². The number of rotatable bonds is 5. The maximum absolute atomic E-state index is 13.1. The van der Waals surface area contributed by atoms with Crippen molar-refractivity contribution in [2.75, 3.05) is 13.7 Å². The Balaban J connectivity index is 2.16. The molecular weight excluding hydrogens is 347 g/mol. The topological polar surface area (TPSA) is 44.8 Å². The zero-order valence-electron chi connectivity index (χ0n) is 15.5. The second-order valence-electron chi connectivity index (χ2n) is 6.13. The molecule has 0 bridgehead atoms. The quantitative estimate of drug-likeness (QED) is 0.602. The summed E-state index contributed by atoms with van der Waals surface area (Å²) < 4.78 is 29.8. The van der Waals surface area contributed by atoms with Gasteiger partial charge < -0.3 is 9.26 Å². The Hall–Kier alpha value is -2.29. The molecule has 1 unspecified atom stereocenters. The third-order valence-corrected chi connectivity index (χ3v) is 6.27. The molecule has 136 valence electrons. The van der Waals surface area contributed by atoms with E-state index in [2.05, 4.69) is 0 Å². The van der Waals surface area contributed by atoms with Crippen molar-refractivity contribution in [3.8, 4) is 5.75 Å². The zero-order chi connectivity index (χ0) is 18.7. The van der Waals surface area contributed by atoms with E-state index in [1.807, 2.05) is 68.5 Å². The van der Waals surface area contributed by atoms with Crippen LogP contribution in [0.25, 0.3) is 11.3 Å². The number of ether oxygens (including phenoxy) is 1. The number of hydrogen-bond acceptors (Lipinski definition) is 4. The lowest BCUT2D eigenvalue weighted by atomic mass is 9.99. The Morgan fingerprint density at radius 1 is 0.962 bits per heavy atom. The highest BCUT2D eigenvalue weighted by atomic mass is 31.2. The smallest absolute Gasteiger partial charge is 0.406 e. The number of benzene rings is 2. The van der Waals surface area contributed by atoms with Gasteiger partial charge in [0, 0.05) is 11.1 Å². The van der Waals surface area contributed by atoms with Crippen LogP contribution in [-0.2, 0) is 13.6 Å². The summed E-state index contributed by atoms with van der Waals surface area (Å²) >= 11 is 0. The predicted octanol–water partition coefficient (Wildman–Crippen LogP) is 6.04. The van der Waals surface area contributed by atoms with Crippen molar-refractivity contribution in [2.45, 2.75) is 20.8 Å². The molecule has 1 aliphatic heterocycles. The molecule has 0 saturated carbocycles. The molecule has 0 amide bonds. The minimum absolute atomic E-state index is 0.318. The van der Waals surface area contributed by atoms with Gasteiger partial charge in [0.1, 0.15) is 11.5 Å². The molecule has 3 rings (SSSR count). The van der Waals surface area contributed by atoms with Gasteiger partial charge in [-0.2, -0.15) is 0 Å². The van der Waals surface area contributed by atoms with Crippen LogP contribution in [0.2, 0.25) is 0 Å². The average Bonchev–Trinajstić information content (AvgIpc) is 2.65. The highest BCUT2D eigenvalue weighted by Crippen LogP contribution is 2.62. The molecule has 1 atom stereocenters. The molecule has 0 saturated heterocycles. The Morgan fingerprint density at radius 2 is 1.58 bits per heavy atom. The first-order valence-electron chi connectivity index (χ1n) is 8.55. The van der Waals surface area contributed by atoms with E-state index in [-0.39, 0.29) is 0 Å². The lowest BCUT2D eigenvalue weighted by Crippen LogP contribution is -2.05. The van der Waals surface area contributed by atoms with Gasteiger partial charge in [0.05, 0.1) is 19.0 Å². The first-order chi connectivity index (χ1) is 12.5. The van der Waals surface area contributed by atoms with Gasteiger partial charge in [-0.05, 0) is 56.7 Å². The number of allylic oxidation sites excluding steroid dienone is 3.